The predicted molar refractivity (Wildman–Crippen MR) is 83.2 cm³/mol. The van der Waals surface area contributed by atoms with Gasteiger partial charge in [-0.25, -0.2) is 0 Å². The second-order valence-electron chi connectivity index (χ2n) is 4.52. The molecule has 21 heavy (non-hydrogen) atoms. The van der Waals surface area contributed by atoms with Crippen LogP contribution >= 0.6 is 11.6 Å². The molecule has 1 atom stereocenters. The van der Waals surface area contributed by atoms with E-state index in [2.05, 4.69) is 10.4 Å². The van der Waals surface area contributed by atoms with Gasteiger partial charge in [0.15, 0.2) is 5.75 Å². The van der Waals surface area contributed by atoms with Crippen LogP contribution in [0.2, 0.25) is 5.02 Å². The summed E-state index contributed by atoms with van der Waals surface area (Å²) in [6.07, 6.45) is 1.72. The summed E-state index contributed by atoms with van der Waals surface area (Å²) in [4.78, 5) is 0. The molecule has 2 aromatic rings. The number of hydrogen-bond donors (Lipinski definition) is 1. The normalized spacial score (nSPS) is 12.2. The Morgan fingerprint density at radius 3 is 2.86 bits per heavy atom. The molecule has 0 fully saturated rings. The number of benzene rings is 1. The fourth-order valence-corrected chi connectivity index (χ4v) is 2.35. The molecule has 1 aromatic carbocycles. The SMILES string of the molecule is CCn1ncc(OC)c1C(COc1cccc(Cl)c1)NC. The van der Waals surface area contributed by atoms with Crippen molar-refractivity contribution in [1.82, 2.24) is 15.1 Å². The molecule has 0 radical (unpaired) electrons. The fourth-order valence-electron chi connectivity index (χ4n) is 2.17. The monoisotopic (exact) mass is 309 g/mol. The van der Waals surface area contributed by atoms with Crippen molar-refractivity contribution in [3.8, 4) is 11.5 Å². The van der Waals surface area contributed by atoms with Gasteiger partial charge in [0.1, 0.15) is 18.1 Å². The molecule has 0 spiro atoms. The number of hydrogen-bond acceptors (Lipinski definition) is 4. The van der Waals surface area contributed by atoms with Crippen molar-refractivity contribution in [3.05, 3.63) is 41.2 Å². The van der Waals surface area contributed by atoms with Crippen LogP contribution in [0, 0.1) is 0 Å². The Morgan fingerprint density at radius 1 is 1.43 bits per heavy atom. The van der Waals surface area contributed by atoms with E-state index in [0.29, 0.717) is 11.6 Å². The lowest BCUT2D eigenvalue weighted by Crippen LogP contribution is -2.26. The van der Waals surface area contributed by atoms with Gasteiger partial charge in [0.2, 0.25) is 0 Å². The molecule has 0 bridgehead atoms. The molecule has 1 unspecified atom stereocenters. The lowest BCUT2D eigenvalue weighted by molar-refractivity contribution is 0.261. The van der Waals surface area contributed by atoms with Crippen LogP contribution in [0.15, 0.2) is 30.5 Å². The highest BCUT2D eigenvalue weighted by molar-refractivity contribution is 6.30. The Bertz CT molecular complexity index is 565. The van der Waals surface area contributed by atoms with E-state index in [0.717, 1.165) is 23.7 Å². The van der Waals surface area contributed by atoms with E-state index < -0.39 is 0 Å². The number of halogens is 1. The van der Waals surface area contributed by atoms with E-state index in [-0.39, 0.29) is 6.04 Å². The summed E-state index contributed by atoms with van der Waals surface area (Å²) in [5, 5.41) is 8.22. The van der Waals surface area contributed by atoms with Crippen molar-refractivity contribution < 1.29 is 9.47 Å². The van der Waals surface area contributed by atoms with Crippen LogP contribution in [0.1, 0.15) is 18.7 Å². The largest absolute Gasteiger partial charge is 0.493 e. The summed E-state index contributed by atoms with van der Waals surface area (Å²) in [7, 11) is 3.53. The number of methoxy groups -OCH3 is 1. The number of aromatic nitrogens is 2. The predicted octanol–water partition coefficient (Wildman–Crippen LogP) is 2.90. The van der Waals surface area contributed by atoms with Crippen LogP contribution in [-0.2, 0) is 6.54 Å². The molecular formula is C15H20ClN3O2. The molecule has 0 saturated carbocycles. The van der Waals surface area contributed by atoms with E-state index in [4.69, 9.17) is 21.1 Å². The highest BCUT2D eigenvalue weighted by atomic mass is 35.5. The Kier molecular flexibility index (Phi) is 5.47. The third-order valence-corrected chi connectivity index (χ3v) is 3.49. The van der Waals surface area contributed by atoms with E-state index >= 15 is 0 Å². The highest BCUT2D eigenvalue weighted by Crippen LogP contribution is 2.26. The van der Waals surface area contributed by atoms with Crippen molar-refractivity contribution in [2.75, 3.05) is 20.8 Å². The lowest BCUT2D eigenvalue weighted by atomic mass is 10.2. The minimum atomic E-state index is -0.0265. The first-order valence-electron chi connectivity index (χ1n) is 6.84. The quantitative estimate of drug-likeness (QED) is 0.854. The van der Waals surface area contributed by atoms with Crippen LogP contribution in [0.3, 0.4) is 0 Å². The van der Waals surface area contributed by atoms with Gasteiger partial charge in [0.05, 0.1) is 19.3 Å². The zero-order valence-corrected chi connectivity index (χ0v) is 13.2. The molecule has 0 aliphatic heterocycles. The van der Waals surface area contributed by atoms with Crippen molar-refractivity contribution in [2.24, 2.45) is 0 Å². The lowest BCUT2D eigenvalue weighted by Gasteiger charge is -2.19. The molecule has 6 heteroatoms. The van der Waals surface area contributed by atoms with Gasteiger partial charge in [0, 0.05) is 11.6 Å². The summed E-state index contributed by atoms with van der Waals surface area (Å²) >= 11 is 5.96. The van der Waals surface area contributed by atoms with Gasteiger partial charge < -0.3 is 14.8 Å². The minimum Gasteiger partial charge on any atom is -0.493 e. The van der Waals surface area contributed by atoms with Crippen LogP contribution in [0.4, 0.5) is 0 Å². The summed E-state index contributed by atoms with van der Waals surface area (Å²) in [6, 6.07) is 7.33. The molecular weight excluding hydrogens is 290 g/mol. The molecule has 0 aliphatic rings. The zero-order chi connectivity index (χ0) is 15.2. The van der Waals surface area contributed by atoms with Crippen molar-refractivity contribution in [3.63, 3.8) is 0 Å². The maximum atomic E-state index is 5.96. The van der Waals surface area contributed by atoms with Crippen molar-refractivity contribution >= 4 is 11.6 Å². The Morgan fingerprint density at radius 2 is 2.24 bits per heavy atom. The Hall–Kier alpha value is -1.72. The van der Waals surface area contributed by atoms with Gasteiger partial charge in [-0.1, -0.05) is 17.7 Å². The van der Waals surface area contributed by atoms with Crippen LogP contribution in [0.25, 0.3) is 0 Å². The smallest absolute Gasteiger partial charge is 0.161 e. The molecule has 1 heterocycles. The van der Waals surface area contributed by atoms with E-state index in [1.54, 1.807) is 19.4 Å². The number of aryl methyl sites for hydroxylation is 1. The third-order valence-electron chi connectivity index (χ3n) is 3.26. The van der Waals surface area contributed by atoms with E-state index in [1.165, 1.54) is 0 Å². The molecule has 0 saturated heterocycles. The number of nitrogens with zero attached hydrogens (tertiary/aromatic N) is 2. The van der Waals surface area contributed by atoms with Crippen molar-refractivity contribution in [2.45, 2.75) is 19.5 Å². The highest BCUT2D eigenvalue weighted by Gasteiger charge is 2.21. The summed E-state index contributed by atoms with van der Waals surface area (Å²) in [5.74, 6) is 1.50. The average Bonchev–Trinajstić information content (AvgIpc) is 2.91. The van der Waals surface area contributed by atoms with Gasteiger partial charge in [0.25, 0.3) is 0 Å². The summed E-state index contributed by atoms with van der Waals surface area (Å²) in [5.41, 5.74) is 0.976. The fraction of sp³-hybridized carbons (Fsp3) is 0.400. The molecule has 5 nitrogen and oxygen atoms in total. The maximum absolute atomic E-state index is 5.96. The first-order chi connectivity index (χ1) is 10.2. The Balaban J connectivity index is 2.15. The van der Waals surface area contributed by atoms with Crippen LogP contribution < -0.4 is 14.8 Å². The second kappa shape index (κ2) is 7.33. The molecule has 2 rings (SSSR count). The maximum Gasteiger partial charge on any atom is 0.161 e. The van der Waals surface area contributed by atoms with Gasteiger partial charge in [-0.15, -0.1) is 0 Å². The number of likely N-dealkylation sites (N-methyl/N-ethyl adjacent to an activating group) is 1. The summed E-state index contributed by atoms with van der Waals surface area (Å²) in [6.45, 7) is 3.27. The number of nitrogens with one attached hydrogen (secondary N) is 1. The average molecular weight is 310 g/mol. The Labute approximate surface area is 129 Å². The molecule has 114 valence electrons. The van der Waals surface area contributed by atoms with Gasteiger partial charge in [-0.05, 0) is 32.2 Å². The number of ether oxygens (including phenoxy) is 2. The summed E-state index contributed by atoms with van der Waals surface area (Å²) < 4.78 is 13.1. The van der Waals surface area contributed by atoms with Crippen LogP contribution in [0.5, 0.6) is 11.5 Å². The van der Waals surface area contributed by atoms with E-state index in [1.807, 2.05) is 36.9 Å². The first kappa shape index (κ1) is 15.7. The van der Waals surface area contributed by atoms with Gasteiger partial charge in [-0.3, -0.25) is 4.68 Å². The van der Waals surface area contributed by atoms with Crippen molar-refractivity contribution in [1.29, 1.82) is 0 Å². The third kappa shape index (κ3) is 3.68. The topological polar surface area (TPSA) is 48.3 Å². The number of rotatable bonds is 7. The first-order valence-corrected chi connectivity index (χ1v) is 7.22. The van der Waals surface area contributed by atoms with Gasteiger partial charge >= 0.3 is 0 Å². The second-order valence-corrected chi connectivity index (χ2v) is 4.96. The molecule has 1 aromatic heterocycles. The zero-order valence-electron chi connectivity index (χ0n) is 12.5. The van der Waals surface area contributed by atoms with Crippen LogP contribution in [-0.4, -0.2) is 30.5 Å². The minimum absolute atomic E-state index is 0.0265. The standard InChI is InChI=1S/C15H20ClN3O2/c1-4-19-15(14(20-3)9-18-19)13(17-2)10-21-12-7-5-6-11(16)8-12/h5-9,13,17H,4,10H2,1-3H3. The van der Waals surface area contributed by atoms with Gasteiger partial charge in [-0.2, -0.15) is 5.10 Å². The molecule has 0 amide bonds. The van der Waals surface area contributed by atoms with E-state index in [9.17, 15) is 0 Å². The molecule has 1 N–H and O–H groups in total. The molecule has 0 aliphatic carbocycles.